The number of carbonyl (C=O) groups excluding carboxylic acids is 3. The quantitative estimate of drug-likeness (QED) is 0.553. The third kappa shape index (κ3) is 4.95. The molecule has 1 aromatic carbocycles. The SMILES string of the molecule is Cc1cccnc1C(=O)NCC#Cc1cccc(NC2CCC(=O)NC2=O)c1. The molecule has 2 aromatic rings. The number of pyridine rings is 1. The molecule has 0 radical (unpaired) electrons. The predicted octanol–water partition coefficient (Wildman–Crippen LogP) is 1.39. The van der Waals surface area contributed by atoms with Gasteiger partial charge in [-0.15, -0.1) is 0 Å². The first-order valence-electron chi connectivity index (χ1n) is 8.92. The molecule has 3 rings (SSSR count). The molecule has 1 aliphatic rings. The summed E-state index contributed by atoms with van der Waals surface area (Å²) in [6.45, 7) is 2.02. The van der Waals surface area contributed by atoms with E-state index in [2.05, 4.69) is 32.8 Å². The van der Waals surface area contributed by atoms with Crippen molar-refractivity contribution in [3.8, 4) is 11.8 Å². The van der Waals surface area contributed by atoms with Gasteiger partial charge in [-0.25, -0.2) is 0 Å². The van der Waals surface area contributed by atoms with Crippen molar-refractivity contribution in [3.05, 3.63) is 59.4 Å². The van der Waals surface area contributed by atoms with Crippen LogP contribution in [0.5, 0.6) is 0 Å². The van der Waals surface area contributed by atoms with Crippen LogP contribution in [0, 0.1) is 18.8 Å². The molecule has 0 bridgehead atoms. The molecule has 7 heteroatoms. The van der Waals surface area contributed by atoms with Gasteiger partial charge in [-0.1, -0.05) is 24.0 Å². The first kappa shape index (κ1) is 19.1. The van der Waals surface area contributed by atoms with Crippen LogP contribution in [0.3, 0.4) is 0 Å². The molecule has 142 valence electrons. The topological polar surface area (TPSA) is 100 Å². The van der Waals surface area contributed by atoms with E-state index in [0.29, 0.717) is 18.5 Å². The summed E-state index contributed by atoms with van der Waals surface area (Å²) >= 11 is 0. The minimum Gasteiger partial charge on any atom is -0.374 e. The van der Waals surface area contributed by atoms with Gasteiger partial charge < -0.3 is 10.6 Å². The summed E-state index contributed by atoms with van der Waals surface area (Å²) in [4.78, 5) is 39.2. The summed E-state index contributed by atoms with van der Waals surface area (Å²) in [6, 6.07) is 10.5. The maximum absolute atomic E-state index is 12.1. The molecule has 3 amide bonds. The summed E-state index contributed by atoms with van der Waals surface area (Å²) in [6.07, 6.45) is 2.35. The lowest BCUT2D eigenvalue weighted by Gasteiger charge is -2.22. The minimum atomic E-state index is -0.443. The number of aryl methyl sites for hydroxylation is 1. The van der Waals surface area contributed by atoms with Gasteiger partial charge in [-0.05, 0) is 43.2 Å². The Balaban J connectivity index is 1.56. The Morgan fingerprint density at radius 2 is 2.14 bits per heavy atom. The van der Waals surface area contributed by atoms with Gasteiger partial charge in [0.1, 0.15) is 11.7 Å². The molecule has 0 saturated carbocycles. The maximum atomic E-state index is 12.1. The van der Waals surface area contributed by atoms with Crippen molar-refractivity contribution >= 4 is 23.4 Å². The van der Waals surface area contributed by atoms with Crippen molar-refractivity contribution in [2.24, 2.45) is 0 Å². The fourth-order valence-corrected chi connectivity index (χ4v) is 2.80. The summed E-state index contributed by atoms with van der Waals surface area (Å²) in [5.74, 6) is 5.06. The van der Waals surface area contributed by atoms with Gasteiger partial charge in [0.2, 0.25) is 11.8 Å². The van der Waals surface area contributed by atoms with Crippen molar-refractivity contribution in [3.63, 3.8) is 0 Å². The number of piperidine rings is 1. The lowest BCUT2D eigenvalue weighted by Crippen LogP contribution is -2.47. The van der Waals surface area contributed by atoms with E-state index in [-0.39, 0.29) is 24.3 Å². The lowest BCUT2D eigenvalue weighted by atomic mass is 10.1. The molecule has 1 unspecified atom stereocenters. The fourth-order valence-electron chi connectivity index (χ4n) is 2.80. The molecule has 1 saturated heterocycles. The van der Waals surface area contributed by atoms with Gasteiger partial charge in [0.15, 0.2) is 0 Å². The number of imide groups is 1. The average molecular weight is 376 g/mol. The average Bonchev–Trinajstić information content (AvgIpc) is 2.68. The standard InChI is InChI=1S/C21H20N4O3/c1-14-5-3-11-22-19(14)21(28)23-12-4-7-15-6-2-8-16(13-15)24-17-9-10-18(26)25-20(17)27/h2-3,5-6,8,11,13,17,24H,9-10,12H2,1H3,(H,23,28)(H,25,26,27). The molecule has 1 fully saturated rings. The van der Waals surface area contributed by atoms with Gasteiger partial charge in [0.25, 0.3) is 5.91 Å². The number of anilines is 1. The number of hydrogen-bond donors (Lipinski definition) is 3. The number of amides is 3. The molecule has 7 nitrogen and oxygen atoms in total. The first-order valence-corrected chi connectivity index (χ1v) is 8.92. The van der Waals surface area contributed by atoms with Gasteiger partial charge >= 0.3 is 0 Å². The third-order valence-corrected chi connectivity index (χ3v) is 4.24. The third-order valence-electron chi connectivity index (χ3n) is 4.24. The molecular weight excluding hydrogens is 356 g/mol. The van der Waals surface area contributed by atoms with E-state index >= 15 is 0 Å². The predicted molar refractivity (Wildman–Crippen MR) is 104 cm³/mol. The van der Waals surface area contributed by atoms with E-state index in [1.54, 1.807) is 12.3 Å². The Hall–Kier alpha value is -3.66. The second kappa shape index (κ2) is 8.82. The van der Waals surface area contributed by atoms with E-state index in [0.717, 1.165) is 16.8 Å². The van der Waals surface area contributed by atoms with Crippen LogP contribution in [0.2, 0.25) is 0 Å². The number of hydrogen-bond acceptors (Lipinski definition) is 5. The first-order chi connectivity index (χ1) is 13.5. The smallest absolute Gasteiger partial charge is 0.270 e. The largest absolute Gasteiger partial charge is 0.374 e. The van der Waals surface area contributed by atoms with Gasteiger partial charge in [0, 0.05) is 23.9 Å². The minimum absolute atomic E-state index is 0.194. The van der Waals surface area contributed by atoms with Crippen LogP contribution >= 0.6 is 0 Å². The Bertz CT molecular complexity index is 975. The van der Waals surface area contributed by atoms with Crippen molar-refractivity contribution in [2.45, 2.75) is 25.8 Å². The molecule has 0 spiro atoms. The van der Waals surface area contributed by atoms with Crippen LogP contribution in [0.1, 0.15) is 34.5 Å². The number of carbonyl (C=O) groups is 3. The highest BCUT2D eigenvalue weighted by atomic mass is 16.2. The van der Waals surface area contributed by atoms with Crippen LogP contribution in [0.15, 0.2) is 42.6 Å². The molecule has 1 atom stereocenters. The van der Waals surface area contributed by atoms with Crippen molar-refractivity contribution in [2.75, 3.05) is 11.9 Å². The normalized spacial score (nSPS) is 15.8. The summed E-state index contributed by atoms with van der Waals surface area (Å²) < 4.78 is 0. The molecule has 2 heterocycles. The molecule has 0 aliphatic carbocycles. The Morgan fingerprint density at radius 1 is 1.29 bits per heavy atom. The van der Waals surface area contributed by atoms with E-state index in [4.69, 9.17) is 0 Å². The van der Waals surface area contributed by atoms with E-state index < -0.39 is 6.04 Å². The zero-order valence-corrected chi connectivity index (χ0v) is 15.4. The van der Waals surface area contributed by atoms with Crippen molar-refractivity contribution in [1.29, 1.82) is 0 Å². The highest BCUT2D eigenvalue weighted by Gasteiger charge is 2.26. The highest BCUT2D eigenvalue weighted by Crippen LogP contribution is 2.15. The summed E-state index contributed by atoms with van der Waals surface area (Å²) in [7, 11) is 0. The van der Waals surface area contributed by atoms with Crippen LogP contribution in [0.25, 0.3) is 0 Å². The number of nitrogens with zero attached hydrogens (tertiary/aromatic N) is 1. The van der Waals surface area contributed by atoms with E-state index in [1.165, 1.54) is 0 Å². The number of rotatable bonds is 4. The fraction of sp³-hybridized carbons (Fsp3) is 0.238. The number of aromatic nitrogens is 1. The van der Waals surface area contributed by atoms with Crippen LogP contribution in [-0.2, 0) is 9.59 Å². The molecule has 3 N–H and O–H groups in total. The number of nitrogens with one attached hydrogen (secondary N) is 3. The molecule has 1 aromatic heterocycles. The molecule has 28 heavy (non-hydrogen) atoms. The highest BCUT2D eigenvalue weighted by molar-refractivity contribution is 6.01. The Morgan fingerprint density at radius 3 is 2.93 bits per heavy atom. The van der Waals surface area contributed by atoms with Gasteiger partial charge in [-0.2, -0.15) is 0 Å². The number of benzene rings is 1. The molecule has 1 aliphatic heterocycles. The monoisotopic (exact) mass is 376 g/mol. The van der Waals surface area contributed by atoms with Crippen LogP contribution < -0.4 is 16.0 Å². The van der Waals surface area contributed by atoms with Crippen LogP contribution in [0.4, 0.5) is 5.69 Å². The second-order valence-electron chi connectivity index (χ2n) is 6.38. The summed E-state index contributed by atoms with van der Waals surface area (Å²) in [5.41, 5.74) is 2.69. The zero-order chi connectivity index (χ0) is 19.9. The van der Waals surface area contributed by atoms with Crippen LogP contribution in [-0.4, -0.2) is 35.3 Å². The Kier molecular flexibility index (Phi) is 6.02. The van der Waals surface area contributed by atoms with E-state index in [1.807, 2.05) is 37.3 Å². The van der Waals surface area contributed by atoms with Gasteiger partial charge in [-0.3, -0.25) is 24.7 Å². The zero-order valence-electron chi connectivity index (χ0n) is 15.4. The van der Waals surface area contributed by atoms with E-state index in [9.17, 15) is 14.4 Å². The molecular formula is C21H20N4O3. The lowest BCUT2D eigenvalue weighted by molar-refractivity contribution is -0.133. The van der Waals surface area contributed by atoms with Gasteiger partial charge in [0.05, 0.1) is 6.54 Å². The second-order valence-corrected chi connectivity index (χ2v) is 6.38. The summed E-state index contributed by atoms with van der Waals surface area (Å²) in [5, 5.41) is 8.16. The van der Waals surface area contributed by atoms with Crippen molar-refractivity contribution < 1.29 is 14.4 Å². The van der Waals surface area contributed by atoms with Crippen molar-refractivity contribution in [1.82, 2.24) is 15.6 Å². The Labute approximate surface area is 162 Å². The maximum Gasteiger partial charge on any atom is 0.270 e.